The number of nitrogens with zero attached hydrogens (tertiary/aromatic N) is 5. The molecule has 0 bridgehead atoms. The van der Waals surface area contributed by atoms with Gasteiger partial charge in [-0.05, 0) is 30.7 Å². The Balaban J connectivity index is 1.54. The van der Waals surface area contributed by atoms with Gasteiger partial charge in [0.25, 0.3) is 0 Å². The van der Waals surface area contributed by atoms with E-state index in [2.05, 4.69) is 49.4 Å². The number of hydrogen-bond acceptors (Lipinski definition) is 7. The number of hydrogen-bond donors (Lipinski definition) is 1. The minimum atomic E-state index is 0.621. The summed E-state index contributed by atoms with van der Waals surface area (Å²) in [4.78, 5) is 9.27. The summed E-state index contributed by atoms with van der Waals surface area (Å²) in [6.45, 7) is 6.83. The van der Waals surface area contributed by atoms with Crippen LogP contribution in [0.25, 0.3) is 0 Å². The van der Waals surface area contributed by atoms with Crippen LogP contribution in [-0.4, -0.2) is 55.0 Å². The van der Waals surface area contributed by atoms with Gasteiger partial charge in [0.1, 0.15) is 5.75 Å². The summed E-state index contributed by atoms with van der Waals surface area (Å²) in [5.41, 5.74) is 1.23. The largest absolute Gasteiger partial charge is 0.497 e. The Morgan fingerprint density at radius 1 is 1.04 bits per heavy atom. The molecule has 0 amide bonds. The third kappa shape index (κ3) is 4.74. The van der Waals surface area contributed by atoms with Crippen molar-refractivity contribution in [3.8, 4) is 5.75 Å². The first kappa shape index (κ1) is 18.2. The molecule has 0 unspecified atom stereocenters. The zero-order valence-electron chi connectivity index (χ0n) is 15.7. The quantitative estimate of drug-likeness (QED) is 0.730. The topological polar surface area (TPSA) is 66.4 Å². The average Bonchev–Trinajstić information content (AvgIpc) is 2.72. The van der Waals surface area contributed by atoms with Gasteiger partial charge in [0.15, 0.2) is 5.82 Å². The van der Waals surface area contributed by atoms with Crippen LogP contribution in [0.4, 0.5) is 17.5 Å². The second-order valence-electron chi connectivity index (χ2n) is 6.44. The molecule has 2 aromatic rings. The molecule has 1 aliphatic rings. The van der Waals surface area contributed by atoms with Crippen LogP contribution < -0.4 is 19.9 Å². The van der Waals surface area contributed by atoms with Gasteiger partial charge in [-0.25, -0.2) is 0 Å². The van der Waals surface area contributed by atoms with Gasteiger partial charge in [-0.1, -0.05) is 19.8 Å². The summed E-state index contributed by atoms with van der Waals surface area (Å²) < 4.78 is 5.23. The molecule has 140 valence electrons. The summed E-state index contributed by atoms with van der Waals surface area (Å²) in [6.07, 6.45) is 5.30. The smallest absolute Gasteiger partial charge is 0.244 e. The molecule has 7 heteroatoms. The van der Waals surface area contributed by atoms with E-state index in [1.807, 2.05) is 12.1 Å². The van der Waals surface area contributed by atoms with E-state index in [4.69, 9.17) is 4.74 Å². The number of piperazine rings is 1. The molecule has 1 fully saturated rings. The molecule has 2 heterocycles. The summed E-state index contributed by atoms with van der Waals surface area (Å²) in [5.74, 6) is 2.40. The highest BCUT2D eigenvalue weighted by atomic mass is 16.5. The Bertz CT molecular complexity index is 670. The molecule has 0 radical (unpaired) electrons. The van der Waals surface area contributed by atoms with Crippen LogP contribution in [0.15, 0.2) is 30.5 Å². The van der Waals surface area contributed by atoms with E-state index < -0.39 is 0 Å². The molecule has 1 aromatic carbocycles. The number of anilines is 3. The van der Waals surface area contributed by atoms with Gasteiger partial charge in [0.05, 0.1) is 13.3 Å². The number of unbranched alkanes of at least 4 members (excludes halogenated alkanes) is 2. The van der Waals surface area contributed by atoms with Crippen LogP contribution >= 0.6 is 0 Å². The van der Waals surface area contributed by atoms with Gasteiger partial charge in [0.2, 0.25) is 5.95 Å². The monoisotopic (exact) mass is 356 g/mol. The van der Waals surface area contributed by atoms with Crippen molar-refractivity contribution in [1.82, 2.24) is 15.2 Å². The highest BCUT2D eigenvalue weighted by Gasteiger charge is 2.19. The molecule has 0 atom stereocenters. The molecule has 26 heavy (non-hydrogen) atoms. The van der Waals surface area contributed by atoms with Crippen molar-refractivity contribution < 1.29 is 4.74 Å². The summed E-state index contributed by atoms with van der Waals surface area (Å²) in [7, 11) is 1.69. The average molecular weight is 356 g/mol. The van der Waals surface area contributed by atoms with Crippen molar-refractivity contribution in [2.75, 3.05) is 55.0 Å². The maximum atomic E-state index is 5.23. The maximum absolute atomic E-state index is 5.23. The summed E-state index contributed by atoms with van der Waals surface area (Å²) >= 11 is 0. The molecule has 1 N–H and O–H groups in total. The number of benzene rings is 1. The molecule has 0 aliphatic carbocycles. The Morgan fingerprint density at radius 2 is 1.77 bits per heavy atom. The first-order chi connectivity index (χ1) is 12.8. The zero-order valence-corrected chi connectivity index (χ0v) is 15.7. The Morgan fingerprint density at radius 3 is 2.46 bits per heavy atom. The minimum Gasteiger partial charge on any atom is -0.497 e. The van der Waals surface area contributed by atoms with Crippen molar-refractivity contribution >= 4 is 17.5 Å². The fourth-order valence-electron chi connectivity index (χ4n) is 3.08. The molecule has 7 nitrogen and oxygen atoms in total. The zero-order chi connectivity index (χ0) is 18.2. The SMILES string of the molecule is CCCCCNc1nncc(N2CCN(c3ccc(OC)cc3)CC2)n1. The van der Waals surface area contributed by atoms with Crippen molar-refractivity contribution in [3.05, 3.63) is 30.5 Å². The number of rotatable bonds is 8. The second kappa shape index (κ2) is 9.22. The Labute approximate surface area is 155 Å². The fraction of sp³-hybridized carbons (Fsp3) is 0.526. The van der Waals surface area contributed by atoms with Gasteiger partial charge < -0.3 is 19.9 Å². The van der Waals surface area contributed by atoms with E-state index in [0.717, 1.165) is 50.7 Å². The van der Waals surface area contributed by atoms with Crippen LogP contribution in [0.3, 0.4) is 0 Å². The second-order valence-corrected chi connectivity index (χ2v) is 6.44. The highest BCUT2D eigenvalue weighted by molar-refractivity contribution is 5.51. The minimum absolute atomic E-state index is 0.621. The van der Waals surface area contributed by atoms with Gasteiger partial charge in [-0.2, -0.15) is 10.1 Å². The number of methoxy groups -OCH3 is 1. The molecule has 3 rings (SSSR count). The van der Waals surface area contributed by atoms with Gasteiger partial charge in [-0.3, -0.25) is 0 Å². The third-order valence-corrected chi connectivity index (χ3v) is 4.65. The fourth-order valence-corrected chi connectivity index (χ4v) is 3.08. The van der Waals surface area contributed by atoms with E-state index in [0.29, 0.717) is 5.95 Å². The first-order valence-electron chi connectivity index (χ1n) is 9.37. The first-order valence-corrected chi connectivity index (χ1v) is 9.37. The van der Waals surface area contributed by atoms with Gasteiger partial charge in [0, 0.05) is 38.4 Å². The van der Waals surface area contributed by atoms with Crippen molar-refractivity contribution in [2.45, 2.75) is 26.2 Å². The molecule has 1 aromatic heterocycles. The predicted molar refractivity (Wildman–Crippen MR) is 105 cm³/mol. The molecular weight excluding hydrogens is 328 g/mol. The third-order valence-electron chi connectivity index (χ3n) is 4.65. The molecule has 0 spiro atoms. The van der Waals surface area contributed by atoms with Crippen LogP contribution in [0.5, 0.6) is 5.75 Å². The Hall–Kier alpha value is -2.57. The van der Waals surface area contributed by atoms with Crippen molar-refractivity contribution in [1.29, 1.82) is 0 Å². The lowest BCUT2D eigenvalue weighted by Gasteiger charge is -2.36. The lowest BCUT2D eigenvalue weighted by atomic mass is 10.2. The molecule has 1 saturated heterocycles. The highest BCUT2D eigenvalue weighted by Crippen LogP contribution is 2.22. The lowest BCUT2D eigenvalue weighted by Crippen LogP contribution is -2.46. The van der Waals surface area contributed by atoms with Crippen LogP contribution in [-0.2, 0) is 0 Å². The van der Waals surface area contributed by atoms with E-state index in [1.165, 1.54) is 18.5 Å². The van der Waals surface area contributed by atoms with E-state index in [9.17, 15) is 0 Å². The molecule has 1 aliphatic heterocycles. The van der Waals surface area contributed by atoms with E-state index in [-0.39, 0.29) is 0 Å². The lowest BCUT2D eigenvalue weighted by molar-refractivity contribution is 0.415. The van der Waals surface area contributed by atoms with Crippen molar-refractivity contribution in [2.24, 2.45) is 0 Å². The van der Waals surface area contributed by atoms with E-state index in [1.54, 1.807) is 13.3 Å². The standard InChI is InChI=1S/C19H28N6O/c1-3-4-5-10-20-19-22-18(15-21-23-19)25-13-11-24(12-14-25)16-6-8-17(26-2)9-7-16/h6-9,15H,3-5,10-14H2,1-2H3,(H,20,22,23). The summed E-state index contributed by atoms with van der Waals surface area (Å²) in [5, 5.41) is 11.5. The summed E-state index contributed by atoms with van der Waals surface area (Å²) in [6, 6.07) is 8.23. The van der Waals surface area contributed by atoms with Crippen LogP contribution in [0, 0.1) is 0 Å². The predicted octanol–water partition coefficient (Wildman–Crippen LogP) is 2.81. The maximum Gasteiger partial charge on any atom is 0.244 e. The number of aromatic nitrogens is 3. The normalized spacial score (nSPS) is 14.4. The number of ether oxygens (including phenoxy) is 1. The van der Waals surface area contributed by atoms with Crippen LogP contribution in [0.1, 0.15) is 26.2 Å². The molecular formula is C19H28N6O. The molecule has 0 saturated carbocycles. The Kier molecular flexibility index (Phi) is 6.46. The number of nitrogens with one attached hydrogen (secondary N) is 1. The van der Waals surface area contributed by atoms with Gasteiger partial charge in [-0.15, -0.1) is 5.10 Å². The van der Waals surface area contributed by atoms with E-state index >= 15 is 0 Å². The van der Waals surface area contributed by atoms with Crippen LogP contribution in [0.2, 0.25) is 0 Å². The van der Waals surface area contributed by atoms with Gasteiger partial charge >= 0.3 is 0 Å². The van der Waals surface area contributed by atoms with Crippen molar-refractivity contribution in [3.63, 3.8) is 0 Å².